The minimum Gasteiger partial charge on any atom is -0.497 e. The normalized spacial score (nSPS) is 11.6. The number of amides is 1. The second-order valence-electron chi connectivity index (χ2n) is 4.67. The molecule has 0 saturated heterocycles. The minimum absolute atomic E-state index is 0.0649. The minimum atomic E-state index is -0.775. The standard InChI is InChI=1S/C17H18FNO3/c1-3-15(22-16-10-5-4-9-14(16)18)17(20)19-12-7-6-8-13(11-12)21-2/h4-11,15H,3H2,1-2H3,(H,19,20). The van der Waals surface area contributed by atoms with E-state index in [1.807, 2.05) is 0 Å². The molecule has 0 aliphatic heterocycles. The first-order valence-electron chi connectivity index (χ1n) is 7.00. The molecule has 116 valence electrons. The topological polar surface area (TPSA) is 47.6 Å². The van der Waals surface area contributed by atoms with Gasteiger partial charge in [0.1, 0.15) is 5.75 Å². The number of carbonyl (C=O) groups excluding carboxylic acids is 1. The quantitative estimate of drug-likeness (QED) is 0.886. The second-order valence-corrected chi connectivity index (χ2v) is 4.67. The van der Waals surface area contributed by atoms with Crippen LogP contribution in [-0.4, -0.2) is 19.1 Å². The van der Waals surface area contributed by atoms with E-state index in [4.69, 9.17) is 9.47 Å². The Morgan fingerprint density at radius 1 is 1.23 bits per heavy atom. The fraction of sp³-hybridized carbons (Fsp3) is 0.235. The van der Waals surface area contributed by atoms with Crippen LogP contribution in [0.4, 0.5) is 10.1 Å². The van der Waals surface area contributed by atoms with Crippen molar-refractivity contribution in [3.05, 3.63) is 54.3 Å². The third kappa shape index (κ3) is 3.97. The molecule has 2 aromatic carbocycles. The number of carbonyl (C=O) groups is 1. The van der Waals surface area contributed by atoms with Crippen molar-refractivity contribution in [3.8, 4) is 11.5 Å². The number of hydrogen-bond donors (Lipinski definition) is 1. The molecule has 1 unspecified atom stereocenters. The van der Waals surface area contributed by atoms with E-state index >= 15 is 0 Å². The van der Waals surface area contributed by atoms with Gasteiger partial charge in [0.2, 0.25) is 0 Å². The molecule has 0 spiro atoms. The summed E-state index contributed by atoms with van der Waals surface area (Å²) in [4.78, 5) is 12.3. The first-order valence-corrected chi connectivity index (χ1v) is 7.00. The summed E-state index contributed by atoms with van der Waals surface area (Å²) in [5.74, 6) is -0.120. The van der Waals surface area contributed by atoms with Crippen LogP contribution in [0.2, 0.25) is 0 Å². The van der Waals surface area contributed by atoms with Gasteiger partial charge in [0.25, 0.3) is 5.91 Å². The van der Waals surface area contributed by atoms with Crippen molar-refractivity contribution in [1.29, 1.82) is 0 Å². The van der Waals surface area contributed by atoms with Gasteiger partial charge in [-0.3, -0.25) is 4.79 Å². The highest BCUT2D eigenvalue weighted by Crippen LogP contribution is 2.20. The lowest BCUT2D eigenvalue weighted by Crippen LogP contribution is -2.32. The summed E-state index contributed by atoms with van der Waals surface area (Å²) in [5.41, 5.74) is 0.597. The van der Waals surface area contributed by atoms with Crippen LogP contribution in [0.25, 0.3) is 0 Å². The lowest BCUT2D eigenvalue weighted by Gasteiger charge is -2.17. The summed E-state index contributed by atoms with van der Waals surface area (Å²) in [6, 6.07) is 13.0. The monoisotopic (exact) mass is 303 g/mol. The Bertz CT molecular complexity index is 645. The number of hydrogen-bond acceptors (Lipinski definition) is 3. The summed E-state index contributed by atoms with van der Waals surface area (Å²) in [6.45, 7) is 1.80. The van der Waals surface area contributed by atoms with Crippen molar-refractivity contribution >= 4 is 11.6 Å². The van der Waals surface area contributed by atoms with Gasteiger partial charge in [-0.15, -0.1) is 0 Å². The van der Waals surface area contributed by atoms with Crippen LogP contribution in [0.15, 0.2) is 48.5 Å². The second kappa shape index (κ2) is 7.45. The van der Waals surface area contributed by atoms with Crippen LogP contribution in [0.1, 0.15) is 13.3 Å². The van der Waals surface area contributed by atoms with E-state index in [2.05, 4.69) is 5.32 Å². The average molecular weight is 303 g/mol. The first-order chi connectivity index (χ1) is 10.6. The molecule has 1 N–H and O–H groups in total. The molecule has 0 aliphatic carbocycles. The van der Waals surface area contributed by atoms with Gasteiger partial charge in [-0.1, -0.05) is 25.1 Å². The number of para-hydroxylation sites is 1. The summed E-state index contributed by atoms with van der Waals surface area (Å²) in [5, 5.41) is 2.74. The molecule has 0 fully saturated rings. The molecule has 1 amide bonds. The van der Waals surface area contributed by atoms with E-state index < -0.39 is 11.9 Å². The number of benzene rings is 2. The number of nitrogens with one attached hydrogen (secondary N) is 1. The molecule has 5 heteroatoms. The Kier molecular flexibility index (Phi) is 5.36. The molecule has 0 saturated carbocycles. The molecular formula is C17H18FNO3. The molecule has 22 heavy (non-hydrogen) atoms. The summed E-state index contributed by atoms with van der Waals surface area (Å²) < 4.78 is 24.2. The zero-order valence-electron chi connectivity index (χ0n) is 12.5. The molecule has 1 atom stereocenters. The molecule has 0 heterocycles. The van der Waals surface area contributed by atoms with Crippen molar-refractivity contribution in [2.45, 2.75) is 19.4 Å². The average Bonchev–Trinajstić information content (AvgIpc) is 2.54. The lowest BCUT2D eigenvalue weighted by atomic mass is 10.2. The predicted octanol–water partition coefficient (Wildman–Crippen LogP) is 3.63. The molecule has 0 bridgehead atoms. The molecule has 2 rings (SSSR count). The molecule has 2 aromatic rings. The first kappa shape index (κ1) is 15.8. The number of rotatable bonds is 6. The Morgan fingerprint density at radius 2 is 2.00 bits per heavy atom. The van der Waals surface area contributed by atoms with E-state index in [1.54, 1.807) is 50.4 Å². The van der Waals surface area contributed by atoms with Crippen molar-refractivity contribution in [1.82, 2.24) is 0 Å². The maximum Gasteiger partial charge on any atom is 0.265 e. The van der Waals surface area contributed by atoms with Gasteiger partial charge in [0.15, 0.2) is 17.7 Å². The maximum absolute atomic E-state index is 13.6. The zero-order chi connectivity index (χ0) is 15.9. The number of halogens is 1. The van der Waals surface area contributed by atoms with E-state index in [9.17, 15) is 9.18 Å². The SMILES string of the molecule is CCC(Oc1ccccc1F)C(=O)Nc1cccc(OC)c1. The number of ether oxygens (including phenoxy) is 2. The Balaban J connectivity index is 2.07. The Labute approximate surface area is 128 Å². The summed E-state index contributed by atoms with van der Waals surface area (Å²) >= 11 is 0. The van der Waals surface area contributed by atoms with Gasteiger partial charge < -0.3 is 14.8 Å². The Hall–Kier alpha value is -2.56. The van der Waals surface area contributed by atoms with Crippen molar-refractivity contribution in [2.75, 3.05) is 12.4 Å². The van der Waals surface area contributed by atoms with Gasteiger partial charge in [-0.2, -0.15) is 0 Å². The maximum atomic E-state index is 13.6. The molecule has 0 aliphatic rings. The van der Waals surface area contributed by atoms with E-state index in [1.165, 1.54) is 12.1 Å². The van der Waals surface area contributed by atoms with Crippen LogP contribution in [0, 0.1) is 5.82 Å². The summed E-state index contributed by atoms with van der Waals surface area (Å²) in [7, 11) is 1.55. The number of anilines is 1. The van der Waals surface area contributed by atoms with E-state index in [-0.39, 0.29) is 11.7 Å². The predicted molar refractivity (Wildman–Crippen MR) is 82.7 cm³/mol. The number of methoxy groups -OCH3 is 1. The van der Waals surface area contributed by atoms with Crippen molar-refractivity contribution < 1.29 is 18.7 Å². The zero-order valence-corrected chi connectivity index (χ0v) is 12.5. The van der Waals surface area contributed by atoms with Crippen LogP contribution in [0.3, 0.4) is 0 Å². The van der Waals surface area contributed by atoms with Crippen LogP contribution in [0.5, 0.6) is 11.5 Å². The van der Waals surface area contributed by atoms with E-state index in [0.29, 0.717) is 17.9 Å². The highest BCUT2D eigenvalue weighted by Gasteiger charge is 2.20. The molecular weight excluding hydrogens is 285 g/mol. The molecule has 0 radical (unpaired) electrons. The van der Waals surface area contributed by atoms with Crippen LogP contribution in [-0.2, 0) is 4.79 Å². The Morgan fingerprint density at radius 3 is 2.68 bits per heavy atom. The third-order valence-electron chi connectivity index (χ3n) is 3.11. The highest BCUT2D eigenvalue weighted by atomic mass is 19.1. The van der Waals surface area contributed by atoms with Gasteiger partial charge in [0, 0.05) is 11.8 Å². The fourth-order valence-electron chi connectivity index (χ4n) is 1.94. The van der Waals surface area contributed by atoms with E-state index in [0.717, 1.165) is 0 Å². The van der Waals surface area contributed by atoms with Crippen molar-refractivity contribution in [2.24, 2.45) is 0 Å². The third-order valence-corrected chi connectivity index (χ3v) is 3.11. The fourth-order valence-corrected chi connectivity index (χ4v) is 1.94. The largest absolute Gasteiger partial charge is 0.497 e. The lowest BCUT2D eigenvalue weighted by molar-refractivity contribution is -0.122. The summed E-state index contributed by atoms with van der Waals surface area (Å²) in [6.07, 6.45) is -0.354. The van der Waals surface area contributed by atoms with Crippen molar-refractivity contribution in [3.63, 3.8) is 0 Å². The van der Waals surface area contributed by atoms with Gasteiger partial charge in [-0.05, 0) is 30.7 Å². The van der Waals surface area contributed by atoms with Gasteiger partial charge in [-0.25, -0.2) is 4.39 Å². The molecule has 0 aromatic heterocycles. The van der Waals surface area contributed by atoms with Crippen LogP contribution < -0.4 is 14.8 Å². The van der Waals surface area contributed by atoms with Gasteiger partial charge in [0.05, 0.1) is 7.11 Å². The van der Waals surface area contributed by atoms with Crippen LogP contribution >= 0.6 is 0 Å². The smallest absolute Gasteiger partial charge is 0.265 e. The highest BCUT2D eigenvalue weighted by molar-refractivity contribution is 5.94. The van der Waals surface area contributed by atoms with Gasteiger partial charge >= 0.3 is 0 Å². The molecule has 4 nitrogen and oxygen atoms in total.